The minimum Gasteiger partial charge on any atom is -0.641 e. The maximum absolute atomic E-state index is 5.21. The molecule has 1 aromatic rings. The number of benzene rings is 1. The van der Waals surface area contributed by atoms with Crippen LogP contribution in [0.15, 0.2) is 30.3 Å². The normalized spacial score (nSPS) is 8.89. The molecule has 0 saturated carbocycles. The maximum atomic E-state index is 5.21. The highest BCUT2D eigenvalue weighted by Gasteiger charge is 1.91. The molecule has 0 atom stereocenters. The first-order chi connectivity index (χ1) is 4.43. The second-order valence-electron chi connectivity index (χ2n) is 1.92. The molecule has 44 valence electrons. The second kappa shape index (κ2) is 4.12. The summed E-state index contributed by atoms with van der Waals surface area (Å²) in [6.07, 6.45) is 0. The van der Waals surface area contributed by atoms with Crippen molar-refractivity contribution in [3.63, 3.8) is 0 Å². The van der Waals surface area contributed by atoms with Crippen LogP contribution in [0.25, 0.3) is 0 Å². The first-order valence-corrected chi connectivity index (χ1v) is 5.06. The number of hydrogen-bond donors (Lipinski definition) is 0. The van der Waals surface area contributed by atoms with Gasteiger partial charge in [-0.25, -0.2) is 0 Å². The van der Waals surface area contributed by atoms with Gasteiger partial charge in [-0.05, 0) is 0 Å². The summed E-state index contributed by atoms with van der Waals surface area (Å²) >= 11 is 0.546. The van der Waals surface area contributed by atoms with Crippen molar-refractivity contribution in [2.24, 2.45) is 0 Å². The molecule has 0 bridgehead atoms. The van der Waals surface area contributed by atoms with Crippen LogP contribution in [0.2, 0.25) is 0 Å². The van der Waals surface area contributed by atoms with Crippen LogP contribution >= 0.6 is 0 Å². The van der Waals surface area contributed by atoms with Crippen LogP contribution in [0.3, 0.4) is 0 Å². The zero-order chi connectivity index (χ0) is 6.53. The van der Waals surface area contributed by atoms with Crippen molar-refractivity contribution in [3.8, 4) is 0 Å². The minimum atomic E-state index is -0.339. The molecule has 0 fully saturated rings. The summed E-state index contributed by atoms with van der Waals surface area (Å²) in [7, 11) is 0. The quantitative estimate of drug-likeness (QED) is 0.503. The van der Waals surface area contributed by atoms with E-state index in [1.54, 1.807) is 0 Å². The molecule has 0 unspecified atom stereocenters. The highest BCUT2D eigenvalue weighted by atomic mass is 27.2. The lowest BCUT2D eigenvalue weighted by molar-refractivity contribution is 0.676. The third-order valence-electron chi connectivity index (χ3n) is 1.15. The lowest BCUT2D eigenvalue weighted by atomic mass is 10.4. The van der Waals surface area contributed by atoms with E-state index in [1.165, 1.54) is 4.43 Å². The van der Waals surface area contributed by atoms with Crippen LogP contribution in [0.5, 0.6) is 0 Å². The highest BCUT2D eigenvalue weighted by molar-refractivity contribution is 6.50. The third kappa shape index (κ3) is 2.54. The molecule has 9 heavy (non-hydrogen) atoms. The molecule has 0 radical (unpaired) electrons. The molecule has 0 aliphatic heterocycles. The number of rotatable bonds is 2. The van der Waals surface area contributed by atoms with Crippen LogP contribution in [0, 0.1) is 0 Å². The van der Waals surface area contributed by atoms with E-state index in [1.807, 2.05) is 6.07 Å². The third-order valence-corrected chi connectivity index (χ3v) is 3.11. The maximum Gasteiger partial charge on any atom is 0.446 e. The van der Waals surface area contributed by atoms with Gasteiger partial charge in [-0.1, -0.05) is 34.8 Å². The lowest BCUT2D eigenvalue weighted by Crippen LogP contribution is -2.14. The Bertz CT molecular complexity index is 164. The summed E-state index contributed by atoms with van der Waals surface area (Å²) in [6.45, 7) is 0. The van der Waals surface area contributed by atoms with Gasteiger partial charge in [0.1, 0.15) is 0 Å². The van der Waals surface area contributed by atoms with Gasteiger partial charge in [0.15, 0.2) is 0 Å². The molecule has 0 N–H and O–H groups in total. The van der Waals surface area contributed by atoms with Crippen LogP contribution in [-0.2, 0) is 2.84 Å². The van der Waals surface area contributed by atoms with Crippen molar-refractivity contribution in [1.29, 1.82) is 0 Å². The molecule has 0 aliphatic carbocycles. The van der Waals surface area contributed by atoms with Gasteiger partial charge in [0.2, 0.25) is 0 Å². The zero-order valence-corrected chi connectivity index (χ0v) is 8.92. The fourth-order valence-electron chi connectivity index (χ4n) is 0.741. The van der Waals surface area contributed by atoms with Crippen LogP contribution in [0.4, 0.5) is 0 Å². The fourth-order valence-corrected chi connectivity index (χ4v) is 2.54. The predicted octanol–water partition coefficient (Wildman–Crippen LogP) is -0.772. The van der Waals surface area contributed by atoms with Crippen molar-refractivity contribution >= 4 is 36.6 Å². The van der Waals surface area contributed by atoms with E-state index in [4.69, 9.17) is 2.84 Å². The van der Waals surface area contributed by atoms with Gasteiger partial charge in [-0.2, -0.15) is 0 Å². The van der Waals surface area contributed by atoms with Crippen LogP contribution in [0.1, 0.15) is 0 Å². The summed E-state index contributed by atoms with van der Waals surface area (Å²) < 4.78 is 6.60. The van der Waals surface area contributed by atoms with Crippen molar-refractivity contribution in [1.82, 2.24) is 0 Å². The Hall–Kier alpha value is 0.245. The van der Waals surface area contributed by atoms with E-state index in [0.29, 0.717) is 0 Å². The molecule has 3 heteroatoms. The van der Waals surface area contributed by atoms with Gasteiger partial charge < -0.3 is 2.84 Å². The second-order valence-corrected chi connectivity index (χ2v) is 5.33. The zero-order valence-electron chi connectivity index (χ0n) is 5.50. The molecular formula is C6H8Al2O. The van der Waals surface area contributed by atoms with Crippen LogP contribution in [-0.4, -0.2) is 32.2 Å². The van der Waals surface area contributed by atoms with E-state index in [9.17, 15) is 0 Å². The summed E-state index contributed by atoms with van der Waals surface area (Å²) in [4.78, 5) is 0. The highest BCUT2D eigenvalue weighted by Crippen LogP contribution is 1.79. The summed E-state index contributed by atoms with van der Waals surface area (Å²) in [6, 6.07) is 10.4. The van der Waals surface area contributed by atoms with Gasteiger partial charge in [0.25, 0.3) is 0 Å². The summed E-state index contributed by atoms with van der Waals surface area (Å²) in [5.74, 6) is 0. The average molecular weight is 150 g/mol. The summed E-state index contributed by atoms with van der Waals surface area (Å²) in [5, 5.41) is 0. The largest absolute Gasteiger partial charge is 0.641 e. The average Bonchev–Trinajstić information content (AvgIpc) is 1.91. The van der Waals surface area contributed by atoms with Crippen molar-refractivity contribution < 1.29 is 2.84 Å². The molecule has 0 amide bonds. The Labute approximate surface area is 69.8 Å². The monoisotopic (exact) mass is 150 g/mol. The smallest absolute Gasteiger partial charge is 0.446 e. The van der Waals surface area contributed by atoms with Gasteiger partial charge in [0, 0.05) is 0 Å². The molecule has 0 aliphatic rings. The molecule has 0 spiro atoms. The number of hydrogen-bond acceptors (Lipinski definition) is 1. The van der Waals surface area contributed by atoms with Gasteiger partial charge in [0.05, 0.1) is 0 Å². The Kier molecular flexibility index (Phi) is 3.37. The molecule has 0 aromatic heterocycles. The summed E-state index contributed by atoms with van der Waals surface area (Å²) in [5.41, 5.74) is 0. The van der Waals surface area contributed by atoms with Crippen molar-refractivity contribution in [2.45, 2.75) is 0 Å². The molecule has 1 rings (SSSR count). The molecular weight excluding hydrogens is 142 g/mol. The topological polar surface area (TPSA) is 9.23 Å². The Balaban J connectivity index is 2.61. The molecule has 1 aromatic carbocycles. The van der Waals surface area contributed by atoms with Gasteiger partial charge in [-0.15, -0.1) is 0 Å². The standard InChI is InChI=1S/C6H5.2Al.O.3H/c1-2-4-6-5-3-1;;;;;;/h1-5H;;;;;;. The molecule has 0 heterocycles. The van der Waals surface area contributed by atoms with E-state index < -0.39 is 0 Å². The first-order valence-electron chi connectivity index (χ1n) is 2.96. The van der Waals surface area contributed by atoms with Gasteiger partial charge in [-0.3, -0.25) is 0 Å². The van der Waals surface area contributed by atoms with Crippen molar-refractivity contribution in [2.75, 3.05) is 0 Å². The molecule has 0 saturated heterocycles. The molecule has 1 nitrogen and oxygen atoms in total. The van der Waals surface area contributed by atoms with E-state index in [-0.39, 0.29) is 15.6 Å². The Morgan fingerprint density at radius 3 is 2.44 bits per heavy atom. The van der Waals surface area contributed by atoms with Crippen LogP contribution < -0.4 is 4.43 Å². The SMILES string of the molecule is [AlH2][O][AlH][c]1ccccc1. The Morgan fingerprint density at radius 2 is 1.89 bits per heavy atom. The fraction of sp³-hybridized carbons (Fsp3) is 0. The first kappa shape index (κ1) is 7.35. The predicted molar refractivity (Wildman–Crippen MR) is 42.9 cm³/mol. The minimum absolute atomic E-state index is 0.339. The van der Waals surface area contributed by atoms with E-state index >= 15 is 0 Å². The van der Waals surface area contributed by atoms with Gasteiger partial charge >= 0.3 is 32.2 Å². The van der Waals surface area contributed by atoms with Crippen molar-refractivity contribution in [3.05, 3.63) is 30.3 Å². The lowest BCUT2D eigenvalue weighted by Gasteiger charge is -1.94. The Morgan fingerprint density at radius 1 is 1.22 bits per heavy atom. The van der Waals surface area contributed by atoms with E-state index in [2.05, 4.69) is 24.3 Å². The van der Waals surface area contributed by atoms with E-state index in [0.717, 1.165) is 16.6 Å².